The number of carbonyl (C=O) groups excluding carboxylic acids is 2. The van der Waals surface area contributed by atoms with Crippen LogP contribution in [0.15, 0.2) is 51.0 Å². The number of esters is 1. The number of ether oxygens (including phenoxy) is 1. The standard InChI is InChI=1S/C22H23NO5S/c1-4-14-7-8-16-15(11-19(24)28-17(16)10-14)12-27-22(26)20(13(2)3)23-21(25)18-6-5-9-29-18/h5-11,13,20H,4,12H2,1-3H3,(H,23,25)/t20-/m1/s1. The maximum atomic E-state index is 12.6. The summed E-state index contributed by atoms with van der Waals surface area (Å²) < 4.78 is 10.7. The van der Waals surface area contributed by atoms with E-state index >= 15 is 0 Å². The highest BCUT2D eigenvalue weighted by Gasteiger charge is 2.26. The molecule has 1 aromatic carbocycles. The van der Waals surface area contributed by atoms with E-state index in [-0.39, 0.29) is 18.4 Å². The zero-order valence-electron chi connectivity index (χ0n) is 16.6. The van der Waals surface area contributed by atoms with Gasteiger partial charge in [-0.3, -0.25) is 4.79 Å². The maximum absolute atomic E-state index is 12.6. The van der Waals surface area contributed by atoms with Crippen molar-refractivity contribution in [2.75, 3.05) is 0 Å². The van der Waals surface area contributed by atoms with Crippen molar-refractivity contribution >= 4 is 34.2 Å². The molecule has 0 unspecified atom stereocenters. The largest absolute Gasteiger partial charge is 0.459 e. The number of fused-ring (bicyclic) bond motifs is 1. The van der Waals surface area contributed by atoms with Crippen LogP contribution in [0.4, 0.5) is 0 Å². The molecule has 2 aromatic heterocycles. The molecule has 0 aliphatic carbocycles. The highest BCUT2D eigenvalue weighted by Crippen LogP contribution is 2.20. The number of hydrogen-bond donors (Lipinski definition) is 1. The molecule has 0 aliphatic rings. The Hall–Kier alpha value is -2.93. The average molecular weight is 413 g/mol. The van der Waals surface area contributed by atoms with Crippen LogP contribution < -0.4 is 10.9 Å². The molecule has 1 N–H and O–H groups in total. The third-order valence-corrected chi connectivity index (χ3v) is 5.49. The molecular weight excluding hydrogens is 390 g/mol. The van der Waals surface area contributed by atoms with Gasteiger partial charge in [0.05, 0.1) is 4.88 Å². The van der Waals surface area contributed by atoms with Gasteiger partial charge in [-0.15, -0.1) is 11.3 Å². The van der Waals surface area contributed by atoms with Crippen molar-refractivity contribution in [2.45, 2.75) is 39.8 Å². The molecule has 152 valence electrons. The fourth-order valence-corrected chi connectivity index (χ4v) is 3.60. The van der Waals surface area contributed by atoms with E-state index in [4.69, 9.17) is 9.15 Å². The van der Waals surface area contributed by atoms with Gasteiger partial charge >= 0.3 is 11.6 Å². The van der Waals surface area contributed by atoms with Crippen LogP contribution in [0.2, 0.25) is 0 Å². The van der Waals surface area contributed by atoms with Gasteiger partial charge in [0.25, 0.3) is 5.91 Å². The van der Waals surface area contributed by atoms with Gasteiger partial charge in [0.2, 0.25) is 0 Å². The lowest BCUT2D eigenvalue weighted by Crippen LogP contribution is -2.45. The Morgan fingerprint density at radius 1 is 1.21 bits per heavy atom. The SMILES string of the molecule is CCc1ccc2c(COC(=O)[C@H](NC(=O)c3cccs3)C(C)C)cc(=O)oc2c1. The van der Waals surface area contributed by atoms with Crippen LogP contribution in [0.25, 0.3) is 11.0 Å². The highest BCUT2D eigenvalue weighted by atomic mass is 32.1. The molecule has 6 nitrogen and oxygen atoms in total. The number of aryl methyl sites for hydroxylation is 1. The molecule has 3 rings (SSSR count). The quantitative estimate of drug-likeness (QED) is 0.469. The number of benzene rings is 1. The monoisotopic (exact) mass is 413 g/mol. The predicted octanol–water partition coefficient (Wildman–Crippen LogP) is 3.91. The Balaban J connectivity index is 1.76. The summed E-state index contributed by atoms with van der Waals surface area (Å²) in [5, 5.41) is 5.26. The van der Waals surface area contributed by atoms with E-state index < -0.39 is 17.6 Å². The predicted molar refractivity (Wildman–Crippen MR) is 112 cm³/mol. The smallest absolute Gasteiger partial charge is 0.336 e. The summed E-state index contributed by atoms with van der Waals surface area (Å²) >= 11 is 1.30. The summed E-state index contributed by atoms with van der Waals surface area (Å²) in [6, 6.07) is 9.64. The summed E-state index contributed by atoms with van der Waals surface area (Å²) in [7, 11) is 0. The van der Waals surface area contributed by atoms with E-state index in [1.165, 1.54) is 17.4 Å². The van der Waals surface area contributed by atoms with E-state index in [0.29, 0.717) is 16.0 Å². The Morgan fingerprint density at radius 2 is 2.00 bits per heavy atom. The van der Waals surface area contributed by atoms with Crippen LogP contribution in [0.1, 0.15) is 41.6 Å². The second kappa shape index (κ2) is 9.05. The number of rotatable bonds is 7. The molecule has 0 aliphatic heterocycles. The van der Waals surface area contributed by atoms with Crippen LogP contribution in [0, 0.1) is 5.92 Å². The zero-order valence-corrected chi connectivity index (χ0v) is 17.4. The normalized spacial score (nSPS) is 12.1. The Bertz CT molecular complexity index is 1070. The fraction of sp³-hybridized carbons (Fsp3) is 0.318. The summed E-state index contributed by atoms with van der Waals surface area (Å²) in [6.45, 7) is 5.60. The molecule has 7 heteroatoms. The van der Waals surface area contributed by atoms with Crippen molar-refractivity contribution in [3.05, 3.63) is 68.2 Å². The van der Waals surface area contributed by atoms with E-state index in [2.05, 4.69) is 5.32 Å². The first-order valence-electron chi connectivity index (χ1n) is 9.45. The summed E-state index contributed by atoms with van der Waals surface area (Å²) in [4.78, 5) is 37.4. The lowest BCUT2D eigenvalue weighted by Gasteiger charge is -2.20. The molecule has 3 aromatic rings. The van der Waals surface area contributed by atoms with Gasteiger partial charge in [0.1, 0.15) is 18.2 Å². The van der Waals surface area contributed by atoms with Crippen molar-refractivity contribution in [3.8, 4) is 0 Å². The first-order valence-corrected chi connectivity index (χ1v) is 10.3. The van der Waals surface area contributed by atoms with Gasteiger partial charge < -0.3 is 14.5 Å². The molecule has 1 atom stereocenters. The van der Waals surface area contributed by atoms with Gasteiger partial charge in [-0.2, -0.15) is 0 Å². The van der Waals surface area contributed by atoms with Crippen LogP contribution in [-0.2, 0) is 22.6 Å². The number of amides is 1. The Labute approximate surface area is 172 Å². The lowest BCUT2D eigenvalue weighted by molar-refractivity contribution is -0.148. The number of nitrogens with one attached hydrogen (secondary N) is 1. The van der Waals surface area contributed by atoms with Crippen molar-refractivity contribution in [1.82, 2.24) is 5.32 Å². The van der Waals surface area contributed by atoms with Crippen molar-refractivity contribution < 1.29 is 18.7 Å². The molecule has 1 amide bonds. The van der Waals surface area contributed by atoms with Gasteiger partial charge in [0.15, 0.2) is 0 Å². The minimum absolute atomic E-state index is 0.0789. The van der Waals surface area contributed by atoms with Crippen molar-refractivity contribution in [1.29, 1.82) is 0 Å². The lowest BCUT2D eigenvalue weighted by atomic mass is 10.0. The van der Waals surface area contributed by atoms with E-state index in [1.807, 2.05) is 39.0 Å². The number of carbonyl (C=O) groups is 2. The molecular formula is C22H23NO5S. The number of thiophene rings is 1. The minimum Gasteiger partial charge on any atom is -0.459 e. The fourth-order valence-electron chi connectivity index (χ4n) is 2.97. The third kappa shape index (κ3) is 4.92. The van der Waals surface area contributed by atoms with E-state index in [1.54, 1.807) is 17.5 Å². The van der Waals surface area contributed by atoms with Crippen molar-refractivity contribution in [2.24, 2.45) is 5.92 Å². The molecule has 2 heterocycles. The topological polar surface area (TPSA) is 85.6 Å². The van der Waals surface area contributed by atoms with Crippen LogP contribution >= 0.6 is 11.3 Å². The Kier molecular flexibility index (Phi) is 6.49. The van der Waals surface area contributed by atoms with Gasteiger partial charge in [-0.1, -0.05) is 39.0 Å². The van der Waals surface area contributed by atoms with Crippen LogP contribution in [0.3, 0.4) is 0 Å². The zero-order chi connectivity index (χ0) is 21.0. The molecule has 0 radical (unpaired) electrons. The summed E-state index contributed by atoms with van der Waals surface area (Å²) in [5.74, 6) is -1.01. The maximum Gasteiger partial charge on any atom is 0.336 e. The molecule has 0 saturated carbocycles. The summed E-state index contributed by atoms with van der Waals surface area (Å²) in [6.07, 6.45) is 0.818. The molecule has 0 spiro atoms. The number of hydrogen-bond acceptors (Lipinski definition) is 6. The van der Waals surface area contributed by atoms with Crippen molar-refractivity contribution in [3.63, 3.8) is 0 Å². The van der Waals surface area contributed by atoms with Gasteiger partial charge in [-0.25, -0.2) is 9.59 Å². The van der Waals surface area contributed by atoms with Gasteiger partial charge in [0, 0.05) is 17.0 Å². The second-order valence-corrected chi connectivity index (χ2v) is 8.00. The molecule has 29 heavy (non-hydrogen) atoms. The molecule has 0 bridgehead atoms. The van der Waals surface area contributed by atoms with E-state index in [9.17, 15) is 14.4 Å². The first kappa shape index (κ1) is 20.8. The first-order chi connectivity index (χ1) is 13.9. The minimum atomic E-state index is -0.789. The third-order valence-electron chi connectivity index (χ3n) is 4.62. The molecule has 0 saturated heterocycles. The van der Waals surface area contributed by atoms with Crippen LogP contribution in [-0.4, -0.2) is 17.9 Å². The average Bonchev–Trinajstić information content (AvgIpc) is 3.23. The second-order valence-electron chi connectivity index (χ2n) is 7.05. The summed E-state index contributed by atoms with van der Waals surface area (Å²) in [5.41, 5.74) is 1.59. The Morgan fingerprint density at radius 3 is 2.66 bits per heavy atom. The van der Waals surface area contributed by atoms with Gasteiger partial charge in [-0.05, 0) is 35.4 Å². The van der Waals surface area contributed by atoms with E-state index in [0.717, 1.165) is 17.4 Å². The van der Waals surface area contributed by atoms with Crippen LogP contribution in [0.5, 0.6) is 0 Å². The highest BCUT2D eigenvalue weighted by molar-refractivity contribution is 7.12. The molecule has 0 fully saturated rings.